The summed E-state index contributed by atoms with van der Waals surface area (Å²) < 4.78 is 70.3. The van der Waals surface area contributed by atoms with Crippen LogP contribution in [0.15, 0.2) is 76.5 Å². The van der Waals surface area contributed by atoms with Gasteiger partial charge in [-0.25, -0.2) is 9.78 Å². The summed E-state index contributed by atoms with van der Waals surface area (Å²) in [6.45, 7) is 9.10. The van der Waals surface area contributed by atoms with Gasteiger partial charge in [0.2, 0.25) is 5.91 Å². The van der Waals surface area contributed by atoms with E-state index in [4.69, 9.17) is 23.7 Å². The first kappa shape index (κ1) is 48.1. The summed E-state index contributed by atoms with van der Waals surface area (Å²) in [6, 6.07) is 11.7. The third-order valence-corrected chi connectivity index (χ3v) is 11.6. The van der Waals surface area contributed by atoms with Crippen molar-refractivity contribution in [2.75, 3.05) is 87.6 Å². The molecular formula is C42H46BrF3N8O9S. The molecule has 0 aliphatic carbocycles. The number of halogens is 4. The zero-order valence-corrected chi connectivity index (χ0v) is 37.2. The molecule has 3 N–H and O–H groups in total. The fourth-order valence-electron chi connectivity index (χ4n) is 6.33. The number of nitrogens with one attached hydrogen (secondary N) is 3. The van der Waals surface area contributed by atoms with Gasteiger partial charge in [-0.1, -0.05) is 15.9 Å². The van der Waals surface area contributed by atoms with Crippen LogP contribution in [0.4, 0.5) is 40.8 Å². The van der Waals surface area contributed by atoms with E-state index in [2.05, 4.69) is 51.7 Å². The lowest BCUT2D eigenvalue weighted by Crippen LogP contribution is -2.46. The molecule has 0 saturated carbocycles. The molecule has 2 atom stereocenters. The van der Waals surface area contributed by atoms with E-state index in [0.717, 1.165) is 46.9 Å². The van der Waals surface area contributed by atoms with E-state index in [9.17, 15) is 32.9 Å². The molecule has 1 saturated heterocycles. The van der Waals surface area contributed by atoms with Crippen molar-refractivity contribution in [3.8, 4) is 11.5 Å². The maximum absolute atomic E-state index is 13.3. The number of aryl methyl sites for hydroxylation is 2. The van der Waals surface area contributed by atoms with Gasteiger partial charge in [-0.05, 0) is 74.4 Å². The number of aromatic nitrogens is 2. The van der Waals surface area contributed by atoms with E-state index in [-0.39, 0.29) is 17.5 Å². The number of hydrogen-bond donors (Lipinski definition) is 3. The summed E-state index contributed by atoms with van der Waals surface area (Å²) in [7, 11) is 0. The molecule has 2 aliphatic heterocycles. The number of rotatable bonds is 20. The smallest absolute Gasteiger partial charge is 0.423 e. The first-order chi connectivity index (χ1) is 30.7. The Morgan fingerprint density at radius 1 is 0.969 bits per heavy atom. The lowest BCUT2D eigenvalue weighted by molar-refractivity contribution is -0.388. The number of nitrogens with zero attached hydrogens (tertiary/aromatic N) is 5. The van der Waals surface area contributed by atoms with E-state index in [1.165, 1.54) is 18.0 Å². The molecule has 3 heterocycles. The molecule has 2 aliphatic rings. The second-order valence-corrected chi connectivity index (χ2v) is 16.4. The average Bonchev–Trinajstić information content (AvgIpc) is 3.77. The van der Waals surface area contributed by atoms with Crippen LogP contribution < -0.4 is 25.4 Å². The SMILES string of the molecule is Cc1cnc(NC(=O)Nc2cc(Br)c(C)cc2OC[C@@H]2CN(CCOCCCOCCOc3ccc(C4=NC(C(=O)Nc5ccc([N+](=O)[O-])c(C(F)(F)F)c5)CS4)cc3)CCO2)cn1. The van der Waals surface area contributed by atoms with E-state index in [0.29, 0.717) is 93.0 Å². The lowest BCUT2D eigenvalue weighted by atomic mass is 10.1. The Balaban J connectivity index is 0.823. The topological polar surface area (TPSA) is 201 Å². The number of alkyl halides is 3. The molecule has 0 radical (unpaired) electrons. The van der Waals surface area contributed by atoms with Crippen molar-refractivity contribution in [1.29, 1.82) is 0 Å². The predicted molar refractivity (Wildman–Crippen MR) is 238 cm³/mol. The van der Waals surface area contributed by atoms with Crippen LogP contribution >= 0.6 is 27.7 Å². The van der Waals surface area contributed by atoms with Crippen LogP contribution in [0.5, 0.6) is 11.5 Å². The van der Waals surface area contributed by atoms with Gasteiger partial charge in [-0.2, -0.15) is 13.2 Å². The standard InChI is InChI=1S/C42H46BrF3N8O9S/c1-26-18-37(34(20-33(26)43)51-41(56)52-38-22-47-27(2)21-48-38)63-24-31-23-53(11-15-61-31)10-14-59-12-3-13-60-16-17-62-30-7-4-28(5-8-30)40-50-35(25-64-40)39(55)49-29-6-9-36(54(57)58)32(19-29)42(44,45)46/h4-9,18-22,31,35H,3,10-17,23-25H2,1-2H3,(H,49,55)(H2,48,51,52,56)/t31-,35?/m0/s1. The van der Waals surface area contributed by atoms with Gasteiger partial charge >= 0.3 is 12.2 Å². The van der Waals surface area contributed by atoms with Gasteiger partial charge in [0.25, 0.3) is 5.69 Å². The molecule has 6 rings (SSSR count). The minimum atomic E-state index is -4.97. The molecule has 3 amide bonds. The summed E-state index contributed by atoms with van der Waals surface area (Å²) >= 11 is 4.86. The van der Waals surface area contributed by atoms with Crippen LogP contribution in [-0.4, -0.2) is 121 Å². The monoisotopic (exact) mass is 974 g/mol. The minimum absolute atomic E-state index is 0.172. The highest BCUT2D eigenvalue weighted by Crippen LogP contribution is 2.38. The number of aliphatic imine (C=N–C) groups is 1. The van der Waals surface area contributed by atoms with Crippen molar-refractivity contribution < 1.29 is 51.4 Å². The molecule has 0 bridgehead atoms. The van der Waals surface area contributed by atoms with Gasteiger partial charge in [0.05, 0.1) is 53.6 Å². The van der Waals surface area contributed by atoms with Crippen molar-refractivity contribution in [2.45, 2.75) is 38.6 Å². The number of hydrogen-bond acceptors (Lipinski definition) is 14. The molecule has 4 aromatic rings. The minimum Gasteiger partial charge on any atom is -0.491 e. The largest absolute Gasteiger partial charge is 0.491 e. The molecule has 0 spiro atoms. The van der Waals surface area contributed by atoms with Crippen LogP contribution in [0.1, 0.15) is 28.8 Å². The summed E-state index contributed by atoms with van der Waals surface area (Å²) in [5, 5.41) is 19.5. The fraction of sp³-hybridized carbons (Fsp3) is 0.405. The normalized spacial score (nSPS) is 16.5. The molecule has 1 aromatic heterocycles. The van der Waals surface area contributed by atoms with Crippen LogP contribution in [0.25, 0.3) is 0 Å². The molecule has 3 aromatic carbocycles. The van der Waals surface area contributed by atoms with E-state index in [1.54, 1.807) is 36.5 Å². The Morgan fingerprint density at radius 3 is 2.48 bits per heavy atom. The number of nitro groups is 1. The lowest BCUT2D eigenvalue weighted by Gasteiger charge is -2.32. The van der Waals surface area contributed by atoms with Crippen molar-refractivity contribution in [3.63, 3.8) is 0 Å². The zero-order chi connectivity index (χ0) is 45.6. The van der Waals surface area contributed by atoms with Crippen LogP contribution in [0, 0.1) is 24.0 Å². The predicted octanol–water partition coefficient (Wildman–Crippen LogP) is 7.51. The number of benzene rings is 3. The Labute approximate surface area is 379 Å². The van der Waals surface area contributed by atoms with E-state index < -0.39 is 40.3 Å². The number of nitro benzene ring substituents is 1. The van der Waals surface area contributed by atoms with Crippen molar-refractivity contribution in [2.24, 2.45) is 4.99 Å². The summed E-state index contributed by atoms with van der Waals surface area (Å²) in [5.41, 5.74) is 0.157. The molecule has 342 valence electrons. The average molecular weight is 976 g/mol. The van der Waals surface area contributed by atoms with Gasteiger partial charge in [0.1, 0.15) is 42.4 Å². The number of amides is 3. The van der Waals surface area contributed by atoms with Gasteiger partial charge in [-0.15, -0.1) is 11.8 Å². The first-order valence-corrected chi connectivity index (χ1v) is 21.9. The van der Waals surface area contributed by atoms with Crippen LogP contribution in [-0.2, 0) is 25.2 Å². The molecule has 64 heavy (non-hydrogen) atoms. The Hall–Kier alpha value is -5.39. The highest BCUT2D eigenvalue weighted by Gasteiger charge is 2.39. The van der Waals surface area contributed by atoms with E-state index in [1.807, 2.05) is 19.9 Å². The molecule has 1 unspecified atom stereocenters. The van der Waals surface area contributed by atoms with Gasteiger partial charge < -0.3 is 34.3 Å². The molecule has 1 fully saturated rings. The Kier molecular flexibility index (Phi) is 17.3. The van der Waals surface area contributed by atoms with Gasteiger partial charge in [0.15, 0.2) is 5.82 Å². The number of thioether (sulfide) groups is 1. The summed E-state index contributed by atoms with van der Waals surface area (Å²) in [6.07, 6.45) is -1.37. The fourth-order valence-corrected chi connectivity index (χ4v) is 7.72. The van der Waals surface area contributed by atoms with Crippen molar-refractivity contribution in [3.05, 3.63) is 104 Å². The van der Waals surface area contributed by atoms with Gasteiger partial charge in [-0.3, -0.25) is 35.1 Å². The van der Waals surface area contributed by atoms with Crippen LogP contribution in [0.3, 0.4) is 0 Å². The van der Waals surface area contributed by atoms with E-state index >= 15 is 0 Å². The highest BCUT2D eigenvalue weighted by atomic mass is 79.9. The molecular weight excluding hydrogens is 929 g/mol. The van der Waals surface area contributed by atoms with Crippen molar-refractivity contribution >= 4 is 67.6 Å². The quantitative estimate of drug-likeness (QED) is 0.0447. The number of ether oxygens (including phenoxy) is 5. The maximum atomic E-state index is 13.3. The third kappa shape index (κ3) is 14.3. The second-order valence-electron chi connectivity index (χ2n) is 14.5. The third-order valence-electron chi connectivity index (χ3n) is 9.63. The zero-order valence-electron chi connectivity index (χ0n) is 34.8. The number of morpholine rings is 1. The Morgan fingerprint density at radius 2 is 1.75 bits per heavy atom. The molecule has 17 nitrogen and oxygen atoms in total. The van der Waals surface area contributed by atoms with Gasteiger partial charge in [0, 0.05) is 60.4 Å². The maximum Gasteiger partial charge on any atom is 0.423 e. The second kappa shape index (κ2) is 23.0. The summed E-state index contributed by atoms with van der Waals surface area (Å²) in [4.78, 5) is 50.4. The Bertz CT molecular complexity index is 2280. The number of carbonyl (C=O) groups is 2. The van der Waals surface area contributed by atoms with Crippen LogP contribution in [0.2, 0.25) is 0 Å². The van der Waals surface area contributed by atoms with Crippen molar-refractivity contribution in [1.82, 2.24) is 14.9 Å². The number of urea groups is 1. The number of anilines is 3. The summed E-state index contributed by atoms with van der Waals surface area (Å²) in [5.74, 6) is 1.10. The number of carbonyl (C=O) groups excluding carboxylic acids is 2. The highest BCUT2D eigenvalue weighted by molar-refractivity contribution is 9.10. The first-order valence-electron chi connectivity index (χ1n) is 20.1. The molecule has 22 heteroatoms.